The summed E-state index contributed by atoms with van der Waals surface area (Å²) in [7, 11) is 0. The first-order chi connectivity index (χ1) is 8.60. The normalized spacial score (nSPS) is 12.7. The van der Waals surface area contributed by atoms with Crippen LogP contribution in [0.1, 0.15) is 39.4 Å². The van der Waals surface area contributed by atoms with Crippen molar-refractivity contribution in [3.63, 3.8) is 0 Å². The number of aryl methyl sites for hydroxylation is 3. The molecule has 96 valence electrons. The molecule has 0 aliphatic carbocycles. The summed E-state index contributed by atoms with van der Waals surface area (Å²) in [6, 6.07) is 11.1. The molecule has 0 spiro atoms. The van der Waals surface area contributed by atoms with Crippen molar-refractivity contribution < 1.29 is 0 Å². The molecule has 0 saturated heterocycles. The number of thiophene rings is 1. The average Bonchev–Trinajstić information content (AvgIpc) is 2.82. The van der Waals surface area contributed by atoms with Gasteiger partial charge in [-0.05, 0) is 55.5 Å². The Morgan fingerprint density at radius 2 is 1.89 bits per heavy atom. The quantitative estimate of drug-likeness (QED) is 0.876. The molecular weight excluding hydrogens is 238 g/mol. The number of hydrogen-bond donors (Lipinski definition) is 1. The molecule has 2 aromatic rings. The number of benzene rings is 1. The minimum Gasteiger partial charge on any atom is -0.323 e. The summed E-state index contributed by atoms with van der Waals surface area (Å²) in [6.07, 6.45) is 2.02. The number of hydrogen-bond acceptors (Lipinski definition) is 2. The Hall–Kier alpha value is -1.12. The van der Waals surface area contributed by atoms with E-state index in [0.717, 1.165) is 12.8 Å². The highest BCUT2D eigenvalue weighted by atomic mass is 32.1. The standard InChI is InChI=1S/C16H21NS/c1-4-14-7-8-16(18-14)15(17)10-13-6-5-11(2)12(3)9-13/h5-9,15H,4,10,17H2,1-3H3. The van der Waals surface area contributed by atoms with E-state index in [0.29, 0.717) is 0 Å². The Labute approximate surface area is 114 Å². The van der Waals surface area contributed by atoms with Crippen LogP contribution in [-0.4, -0.2) is 0 Å². The van der Waals surface area contributed by atoms with Crippen LogP contribution in [-0.2, 0) is 12.8 Å². The lowest BCUT2D eigenvalue weighted by atomic mass is 10.0. The highest BCUT2D eigenvalue weighted by Crippen LogP contribution is 2.25. The third kappa shape index (κ3) is 3.01. The Kier molecular flexibility index (Phi) is 4.20. The van der Waals surface area contributed by atoms with Crippen LogP contribution in [0.5, 0.6) is 0 Å². The summed E-state index contributed by atoms with van der Waals surface area (Å²) >= 11 is 1.84. The second-order valence-electron chi connectivity index (χ2n) is 4.89. The highest BCUT2D eigenvalue weighted by Gasteiger charge is 2.10. The van der Waals surface area contributed by atoms with Gasteiger partial charge in [0.1, 0.15) is 0 Å². The van der Waals surface area contributed by atoms with E-state index >= 15 is 0 Å². The first-order valence-electron chi connectivity index (χ1n) is 6.50. The maximum absolute atomic E-state index is 6.29. The fraction of sp³-hybridized carbons (Fsp3) is 0.375. The largest absolute Gasteiger partial charge is 0.323 e. The average molecular weight is 259 g/mol. The van der Waals surface area contributed by atoms with Gasteiger partial charge in [-0.15, -0.1) is 11.3 Å². The monoisotopic (exact) mass is 259 g/mol. The Morgan fingerprint density at radius 1 is 1.11 bits per heavy atom. The molecule has 2 heteroatoms. The lowest BCUT2D eigenvalue weighted by molar-refractivity contribution is 0.736. The van der Waals surface area contributed by atoms with E-state index in [9.17, 15) is 0 Å². The lowest BCUT2D eigenvalue weighted by Crippen LogP contribution is -2.11. The van der Waals surface area contributed by atoms with Gasteiger partial charge < -0.3 is 5.73 Å². The molecule has 1 aromatic heterocycles. The minimum atomic E-state index is 0.123. The molecule has 1 unspecified atom stereocenters. The van der Waals surface area contributed by atoms with Crippen molar-refractivity contribution in [2.75, 3.05) is 0 Å². The maximum Gasteiger partial charge on any atom is 0.0430 e. The van der Waals surface area contributed by atoms with Gasteiger partial charge >= 0.3 is 0 Å². The van der Waals surface area contributed by atoms with Gasteiger partial charge in [0.05, 0.1) is 0 Å². The van der Waals surface area contributed by atoms with Crippen molar-refractivity contribution in [1.29, 1.82) is 0 Å². The van der Waals surface area contributed by atoms with Crippen molar-refractivity contribution >= 4 is 11.3 Å². The lowest BCUT2D eigenvalue weighted by Gasteiger charge is -2.11. The molecule has 18 heavy (non-hydrogen) atoms. The molecule has 1 atom stereocenters. The van der Waals surface area contributed by atoms with E-state index in [4.69, 9.17) is 5.73 Å². The fourth-order valence-electron chi connectivity index (χ4n) is 2.07. The molecule has 0 aliphatic heterocycles. The van der Waals surface area contributed by atoms with Gasteiger partial charge in [-0.3, -0.25) is 0 Å². The van der Waals surface area contributed by atoms with E-state index in [1.165, 1.54) is 26.4 Å². The first-order valence-corrected chi connectivity index (χ1v) is 7.32. The van der Waals surface area contributed by atoms with E-state index in [-0.39, 0.29) is 6.04 Å². The first kappa shape index (κ1) is 13.3. The van der Waals surface area contributed by atoms with Crippen LogP contribution < -0.4 is 5.73 Å². The van der Waals surface area contributed by atoms with Crippen molar-refractivity contribution in [3.8, 4) is 0 Å². The van der Waals surface area contributed by atoms with Gasteiger partial charge in [-0.1, -0.05) is 25.1 Å². The zero-order valence-corrected chi connectivity index (χ0v) is 12.2. The van der Waals surface area contributed by atoms with Crippen molar-refractivity contribution in [3.05, 3.63) is 56.8 Å². The minimum absolute atomic E-state index is 0.123. The van der Waals surface area contributed by atoms with Gasteiger partial charge in [-0.25, -0.2) is 0 Å². The fourth-order valence-corrected chi connectivity index (χ4v) is 3.02. The smallest absolute Gasteiger partial charge is 0.0430 e. The summed E-state index contributed by atoms with van der Waals surface area (Å²) in [5.74, 6) is 0. The van der Waals surface area contributed by atoms with Gasteiger partial charge in [0.2, 0.25) is 0 Å². The van der Waals surface area contributed by atoms with E-state index in [2.05, 4.69) is 51.1 Å². The second-order valence-corrected chi connectivity index (χ2v) is 6.09. The second kappa shape index (κ2) is 5.68. The summed E-state index contributed by atoms with van der Waals surface area (Å²) in [5, 5.41) is 0. The summed E-state index contributed by atoms with van der Waals surface area (Å²) in [4.78, 5) is 2.71. The molecule has 1 aromatic carbocycles. The third-order valence-electron chi connectivity index (χ3n) is 3.42. The Balaban J connectivity index is 2.10. The SMILES string of the molecule is CCc1ccc(C(N)Cc2ccc(C)c(C)c2)s1. The van der Waals surface area contributed by atoms with Crippen LogP contribution in [0.25, 0.3) is 0 Å². The molecule has 0 fully saturated rings. The van der Waals surface area contributed by atoms with Gasteiger partial charge in [0.25, 0.3) is 0 Å². The summed E-state index contributed by atoms with van der Waals surface area (Å²) in [5.41, 5.74) is 10.3. The molecule has 2 N–H and O–H groups in total. The molecule has 0 aliphatic rings. The zero-order chi connectivity index (χ0) is 13.1. The van der Waals surface area contributed by atoms with Gasteiger partial charge in [0, 0.05) is 15.8 Å². The van der Waals surface area contributed by atoms with Crippen LogP contribution in [0.4, 0.5) is 0 Å². The predicted octanol–water partition coefficient (Wildman–Crippen LogP) is 4.17. The van der Waals surface area contributed by atoms with Gasteiger partial charge in [-0.2, -0.15) is 0 Å². The van der Waals surface area contributed by atoms with Crippen LogP contribution in [0.15, 0.2) is 30.3 Å². The third-order valence-corrected chi connectivity index (χ3v) is 4.78. The molecule has 0 bridgehead atoms. The van der Waals surface area contributed by atoms with Crippen LogP contribution in [0.2, 0.25) is 0 Å². The maximum atomic E-state index is 6.29. The van der Waals surface area contributed by atoms with Crippen molar-refractivity contribution in [1.82, 2.24) is 0 Å². The topological polar surface area (TPSA) is 26.0 Å². The summed E-state index contributed by atoms with van der Waals surface area (Å²) in [6.45, 7) is 6.49. The van der Waals surface area contributed by atoms with Crippen LogP contribution in [0, 0.1) is 13.8 Å². The highest BCUT2D eigenvalue weighted by molar-refractivity contribution is 7.12. The van der Waals surface area contributed by atoms with Crippen molar-refractivity contribution in [2.45, 2.75) is 39.7 Å². The summed E-state index contributed by atoms with van der Waals surface area (Å²) < 4.78 is 0. The molecule has 1 heterocycles. The zero-order valence-electron chi connectivity index (χ0n) is 11.4. The number of rotatable bonds is 4. The molecular formula is C16H21NS. The Morgan fingerprint density at radius 3 is 2.50 bits per heavy atom. The van der Waals surface area contributed by atoms with E-state index in [1.54, 1.807) is 0 Å². The predicted molar refractivity (Wildman–Crippen MR) is 80.2 cm³/mol. The molecule has 0 saturated carbocycles. The van der Waals surface area contributed by atoms with Crippen LogP contribution >= 0.6 is 11.3 Å². The van der Waals surface area contributed by atoms with E-state index in [1.807, 2.05) is 11.3 Å². The molecule has 0 amide bonds. The van der Waals surface area contributed by atoms with Crippen molar-refractivity contribution in [2.24, 2.45) is 5.73 Å². The number of nitrogens with two attached hydrogens (primary N) is 1. The Bertz CT molecular complexity index is 528. The molecule has 2 rings (SSSR count). The molecule has 1 nitrogen and oxygen atoms in total. The van der Waals surface area contributed by atoms with Crippen LogP contribution in [0.3, 0.4) is 0 Å². The van der Waals surface area contributed by atoms with Gasteiger partial charge in [0.15, 0.2) is 0 Å². The molecule has 0 radical (unpaired) electrons. The van der Waals surface area contributed by atoms with E-state index < -0.39 is 0 Å².